The number of methoxy groups -OCH3 is 1. The molecule has 0 aliphatic heterocycles. The molecule has 0 radical (unpaired) electrons. The summed E-state index contributed by atoms with van der Waals surface area (Å²) in [7, 11) is -0.350. The molecule has 9 nitrogen and oxygen atoms in total. The molecule has 0 N–H and O–H groups in total. The lowest BCUT2D eigenvalue weighted by Crippen LogP contribution is -2.32. The summed E-state index contributed by atoms with van der Waals surface area (Å²) in [5, 5.41) is 4.04. The number of sulfonamides is 1. The summed E-state index contributed by atoms with van der Waals surface area (Å²) in [6, 6.07) is 14.8. The van der Waals surface area contributed by atoms with Gasteiger partial charge in [-0.05, 0) is 29.5 Å². The van der Waals surface area contributed by atoms with Crippen LogP contribution in [0.3, 0.4) is 0 Å². The van der Waals surface area contributed by atoms with Crippen LogP contribution in [0.15, 0.2) is 53.1 Å². The normalized spacial score (nSPS) is 11.8. The monoisotopic (exact) mass is 514 g/mol. The molecule has 0 bridgehead atoms. The molecule has 0 unspecified atom stereocenters. The summed E-state index contributed by atoms with van der Waals surface area (Å²) in [5.41, 5.74) is 2.59. The molecule has 1 amide bonds. The van der Waals surface area contributed by atoms with Gasteiger partial charge in [0.25, 0.3) is 0 Å². The first-order valence-electron chi connectivity index (χ1n) is 11.7. The van der Waals surface area contributed by atoms with Crippen LogP contribution in [0.4, 0.5) is 5.69 Å². The van der Waals surface area contributed by atoms with E-state index in [0.29, 0.717) is 29.6 Å². The molecule has 0 saturated carbocycles. The molecular formula is C26H34N4O5S. The van der Waals surface area contributed by atoms with Crippen LogP contribution in [0.1, 0.15) is 45.1 Å². The summed E-state index contributed by atoms with van der Waals surface area (Å²) < 4.78 is 36.5. The quantitative estimate of drug-likeness (QED) is 0.398. The standard InChI is InChI=1S/C26H34N4O5S/c1-26(2,3)20-14-12-19(13-15-20)25-27-23(35-28-25)18-29(4)24(31)11-8-16-30(36(6,32)33)21-9-7-10-22(17-21)34-5/h7,9-10,12-15,17H,8,11,16,18H2,1-6H3. The number of rotatable bonds is 10. The van der Waals surface area contributed by atoms with E-state index < -0.39 is 10.0 Å². The van der Waals surface area contributed by atoms with E-state index in [1.54, 1.807) is 31.3 Å². The number of hydrogen-bond donors (Lipinski definition) is 0. The predicted molar refractivity (Wildman–Crippen MR) is 139 cm³/mol. The van der Waals surface area contributed by atoms with Crippen LogP contribution in [0.2, 0.25) is 0 Å². The Morgan fingerprint density at radius 1 is 1.11 bits per heavy atom. The number of anilines is 1. The Balaban J connectivity index is 1.57. The number of hydrogen-bond acceptors (Lipinski definition) is 7. The summed E-state index contributed by atoms with van der Waals surface area (Å²) >= 11 is 0. The van der Waals surface area contributed by atoms with Crippen molar-refractivity contribution in [3.63, 3.8) is 0 Å². The Morgan fingerprint density at radius 2 is 1.81 bits per heavy atom. The maximum Gasteiger partial charge on any atom is 0.246 e. The topological polar surface area (TPSA) is 106 Å². The van der Waals surface area contributed by atoms with Gasteiger partial charge in [0, 0.05) is 31.6 Å². The Morgan fingerprint density at radius 3 is 2.42 bits per heavy atom. The van der Waals surface area contributed by atoms with Crippen LogP contribution in [-0.2, 0) is 26.8 Å². The second kappa shape index (κ2) is 11.1. The van der Waals surface area contributed by atoms with E-state index in [1.807, 2.05) is 24.3 Å². The van der Waals surface area contributed by atoms with Crippen LogP contribution in [0.5, 0.6) is 5.75 Å². The summed E-state index contributed by atoms with van der Waals surface area (Å²) in [5.74, 6) is 1.20. The molecule has 3 aromatic rings. The van der Waals surface area contributed by atoms with Crippen molar-refractivity contribution in [1.29, 1.82) is 0 Å². The van der Waals surface area contributed by atoms with Gasteiger partial charge in [-0.3, -0.25) is 9.10 Å². The van der Waals surface area contributed by atoms with Crippen molar-refractivity contribution in [2.24, 2.45) is 0 Å². The van der Waals surface area contributed by atoms with Crippen molar-refractivity contribution in [1.82, 2.24) is 15.0 Å². The molecule has 10 heteroatoms. The third-order valence-electron chi connectivity index (χ3n) is 5.77. The minimum atomic E-state index is -3.52. The first kappa shape index (κ1) is 27.2. The molecule has 0 atom stereocenters. The highest BCUT2D eigenvalue weighted by Crippen LogP contribution is 2.26. The number of carbonyl (C=O) groups excluding carboxylic acids is 1. The highest BCUT2D eigenvalue weighted by molar-refractivity contribution is 7.92. The number of aromatic nitrogens is 2. The molecular weight excluding hydrogens is 480 g/mol. The minimum absolute atomic E-state index is 0.0519. The maximum absolute atomic E-state index is 12.7. The van der Waals surface area contributed by atoms with E-state index in [0.717, 1.165) is 11.8 Å². The Hall–Kier alpha value is -3.40. The molecule has 0 aliphatic rings. The van der Waals surface area contributed by atoms with Gasteiger partial charge in [-0.1, -0.05) is 56.3 Å². The highest BCUT2D eigenvalue weighted by Gasteiger charge is 2.20. The average molecular weight is 515 g/mol. The zero-order valence-electron chi connectivity index (χ0n) is 21.7. The zero-order chi connectivity index (χ0) is 26.5. The van der Waals surface area contributed by atoms with Gasteiger partial charge in [0.05, 0.1) is 25.6 Å². The van der Waals surface area contributed by atoms with Crippen molar-refractivity contribution in [2.75, 3.05) is 31.3 Å². The maximum atomic E-state index is 12.7. The van der Waals surface area contributed by atoms with Crippen LogP contribution < -0.4 is 9.04 Å². The van der Waals surface area contributed by atoms with Crippen molar-refractivity contribution >= 4 is 21.6 Å². The second-order valence-corrected chi connectivity index (χ2v) is 11.6. The van der Waals surface area contributed by atoms with Crippen LogP contribution in [0, 0.1) is 0 Å². The first-order valence-corrected chi connectivity index (χ1v) is 13.5. The van der Waals surface area contributed by atoms with E-state index in [-0.39, 0.29) is 30.8 Å². The molecule has 0 saturated heterocycles. The van der Waals surface area contributed by atoms with Crippen LogP contribution in [-0.4, -0.2) is 56.3 Å². The molecule has 36 heavy (non-hydrogen) atoms. The summed E-state index contributed by atoms with van der Waals surface area (Å²) in [6.07, 6.45) is 1.66. The van der Waals surface area contributed by atoms with E-state index in [2.05, 4.69) is 30.9 Å². The Labute approximate surface area is 213 Å². The number of carbonyl (C=O) groups is 1. The third kappa shape index (κ3) is 7.07. The molecule has 2 aromatic carbocycles. The molecule has 0 fully saturated rings. The third-order valence-corrected chi connectivity index (χ3v) is 6.96. The number of ether oxygens (including phenoxy) is 1. The van der Waals surface area contributed by atoms with E-state index in [9.17, 15) is 13.2 Å². The smallest absolute Gasteiger partial charge is 0.246 e. The van der Waals surface area contributed by atoms with Gasteiger partial charge in [0.1, 0.15) is 5.75 Å². The van der Waals surface area contributed by atoms with Gasteiger partial charge in [-0.25, -0.2) is 8.42 Å². The molecule has 1 heterocycles. The molecule has 3 rings (SSSR count). The number of benzene rings is 2. The Bertz CT molecular complexity index is 1280. The lowest BCUT2D eigenvalue weighted by Gasteiger charge is -2.23. The van der Waals surface area contributed by atoms with E-state index in [1.165, 1.54) is 21.9 Å². The summed E-state index contributed by atoms with van der Waals surface area (Å²) in [4.78, 5) is 18.6. The molecule has 1 aromatic heterocycles. The Kier molecular flexibility index (Phi) is 8.39. The fourth-order valence-electron chi connectivity index (χ4n) is 3.66. The van der Waals surface area contributed by atoms with Gasteiger partial charge in [0.15, 0.2) is 0 Å². The van der Waals surface area contributed by atoms with Gasteiger partial charge < -0.3 is 14.2 Å². The number of amides is 1. The van der Waals surface area contributed by atoms with Gasteiger partial charge in [-0.2, -0.15) is 4.98 Å². The van der Waals surface area contributed by atoms with Gasteiger partial charge in [0.2, 0.25) is 27.6 Å². The fourth-order valence-corrected chi connectivity index (χ4v) is 4.62. The second-order valence-electron chi connectivity index (χ2n) is 9.73. The van der Waals surface area contributed by atoms with Crippen LogP contribution in [0.25, 0.3) is 11.4 Å². The molecule has 194 valence electrons. The number of nitrogens with zero attached hydrogens (tertiary/aromatic N) is 4. The lowest BCUT2D eigenvalue weighted by molar-refractivity contribution is -0.130. The van der Waals surface area contributed by atoms with Crippen molar-refractivity contribution in [2.45, 2.75) is 45.6 Å². The largest absolute Gasteiger partial charge is 0.497 e. The van der Waals surface area contributed by atoms with Crippen molar-refractivity contribution < 1.29 is 22.5 Å². The first-order chi connectivity index (χ1) is 16.9. The summed E-state index contributed by atoms with van der Waals surface area (Å²) in [6.45, 7) is 6.79. The predicted octanol–water partition coefficient (Wildman–Crippen LogP) is 4.25. The fraction of sp³-hybridized carbons (Fsp3) is 0.423. The average Bonchev–Trinajstić information content (AvgIpc) is 3.28. The lowest BCUT2D eigenvalue weighted by atomic mass is 9.87. The zero-order valence-corrected chi connectivity index (χ0v) is 22.5. The van der Waals surface area contributed by atoms with Crippen molar-refractivity contribution in [3.05, 3.63) is 60.0 Å². The van der Waals surface area contributed by atoms with Crippen molar-refractivity contribution in [3.8, 4) is 17.1 Å². The van der Waals surface area contributed by atoms with Gasteiger partial charge >= 0.3 is 0 Å². The minimum Gasteiger partial charge on any atom is -0.497 e. The van der Waals surface area contributed by atoms with E-state index >= 15 is 0 Å². The van der Waals surface area contributed by atoms with Gasteiger partial charge in [-0.15, -0.1) is 0 Å². The van der Waals surface area contributed by atoms with Crippen LogP contribution >= 0.6 is 0 Å². The van der Waals surface area contributed by atoms with E-state index in [4.69, 9.17) is 9.26 Å². The molecule has 0 spiro atoms. The molecule has 0 aliphatic carbocycles. The SMILES string of the molecule is COc1cccc(N(CCCC(=O)N(C)Cc2nc(-c3ccc(C(C)(C)C)cc3)no2)S(C)(=O)=O)c1. The highest BCUT2D eigenvalue weighted by atomic mass is 32.2.